The van der Waals surface area contributed by atoms with Crippen LogP contribution in [-0.2, 0) is 5.75 Å². The van der Waals surface area contributed by atoms with Gasteiger partial charge in [-0.3, -0.25) is 0 Å². The minimum atomic E-state index is 1.10. The SMILES string of the molecule is CSCc1ccc(Br)cc1I. The van der Waals surface area contributed by atoms with E-state index in [1.165, 1.54) is 9.13 Å². The average Bonchev–Trinajstić information content (AvgIpc) is 1.95. The van der Waals surface area contributed by atoms with E-state index in [1.54, 1.807) is 0 Å². The molecule has 0 aliphatic rings. The van der Waals surface area contributed by atoms with Crippen molar-refractivity contribution in [2.24, 2.45) is 0 Å². The Labute approximate surface area is 93.4 Å². The van der Waals surface area contributed by atoms with E-state index in [9.17, 15) is 0 Å². The lowest BCUT2D eigenvalue weighted by molar-refractivity contribution is 1.37. The van der Waals surface area contributed by atoms with Crippen molar-refractivity contribution in [1.29, 1.82) is 0 Å². The van der Waals surface area contributed by atoms with Crippen molar-refractivity contribution in [3.05, 3.63) is 31.8 Å². The molecule has 0 fully saturated rings. The van der Waals surface area contributed by atoms with Crippen LogP contribution in [0.1, 0.15) is 5.56 Å². The number of rotatable bonds is 2. The lowest BCUT2D eigenvalue weighted by atomic mass is 10.2. The van der Waals surface area contributed by atoms with Crippen molar-refractivity contribution in [2.45, 2.75) is 5.75 Å². The molecule has 0 heterocycles. The number of hydrogen-bond acceptors (Lipinski definition) is 1. The Morgan fingerprint density at radius 2 is 2.27 bits per heavy atom. The van der Waals surface area contributed by atoms with Crippen LogP contribution < -0.4 is 0 Å². The van der Waals surface area contributed by atoms with Crippen LogP contribution >= 0.6 is 50.3 Å². The van der Waals surface area contributed by atoms with E-state index in [0.29, 0.717) is 0 Å². The second-order valence-electron chi connectivity index (χ2n) is 2.17. The Balaban J connectivity index is 2.90. The van der Waals surface area contributed by atoms with E-state index in [0.717, 1.165) is 10.2 Å². The molecule has 0 aliphatic carbocycles. The number of thioether (sulfide) groups is 1. The molecular weight excluding hydrogens is 335 g/mol. The molecule has 0 N–H and O–H groups in total. The van der Waals surface area contributed by atoms with E-state index in [2.05, 4.69) is 63.0 Å². The van der Waals surface area contributed by atoms with Gasteiger partial charge in [-0.2, -0.15) is 11.8 Å². The Morgan fingerprint density at radius 1 is 1.55 bits per heavy atom. The maximum Gasteiger partial charge on any atom is 0.0192 e. The van der Waals surface area contributed by atoms with Gasteiger partial charge in [-0.05, 0) is 46.5 Å². The van der Waals surface area contributed by atoms with Crippen molar-refractivity contribution in [3.63, 3.8) is 0 Å². The molecule has 0 saturated carbocycles. The zero-order valence-corrected chi connectivity index (χ0v) is 10.7. The van der Waals surface area contributed by atoms with Crippen LogP contribution in [0.3, 0.4) is 0 Å². The Kier molecular flexibility index (Phi) is 4.23. The molecule has 0 aromatic heterocycles. The molecular formula is C8H8BrIS. The number of hydrogen-bond donors (Lipinski definition) is 0. The maximum atomic E-state index is 3.44. The fourth-order valence-electron chi connectivity index (χ4n) is 0.794. The van der Waals surface area contributed by atoms with Crippen molar-refractivity contribution in [3.8, 4) is 0 Å². The molecule has 0 nitrogen and oxygen atoms in total. The first-order valence-electron chi connectivity index (χ1n) is 3.17. The van der Waals surface area contributed by atoms with Crippen LogP contribution in [0, 0.1) is 3.57 Å². The highest BCUT2D eigenvalue weighted by Crippen LogP contribution is 2.21. The first kappa shape index (κ1) is 9.86. The standard InChI is InChI=1S/C8H8BrIS/c1-11-5-6-2-3-7(9)4-8(6)10/h2-4H,5H2,1H3. The van der Waals surface area contributed by atoms with Crippen LogP contribution in [0.2, 0.25) is 0 Å². The van der Waals surface area contributed by atoms with Crippen LogP contribution in [0.5, 0.6) is 0 Å². The quantitative estimate of drug-likeness (QED) is 0.734. The molecule has 11 heavy (non-hydrogen) atoms. The molecule has 60 valence electrons. The minimum absolute atomic E-state index is 1.10. The zero-order chi connectivity index (χ0) is 8.27. The zero-order valence-electron chi connectivity index (χ0n) is 6.10. The first-order valence-corrected chi connectivity index (χ1v) is 6.43. The van der Waals surface area contributed by atoms with E-state index >= 15 is 0 Å². The lowest BCUT2D eigenvalue weighted by Crippen LogP contribution is -1.84. The maximum absolute atomic E-state index is 3.44. The fourth-order valence-corrected chi connectivity index (χ4v) is 3.11. The van der Waals surface area contributed by atoms with Crippen molar-refractivity contribution < 1.29 is 0 Å². The number of benzene rings is 1. The predicted octanol–water partition coefficient (Wildman–Crippen LogP) is 3.92. The molecule has 0 spiro atoms. The Hall–Kier alpha value is 0.780. The van der Waals surface area contributed by atoms with E-state index in [-0.39, 0.29) is 0 Å². The third-order valence-electron chi connectivity index (χ3n) is 1.31. The first-order chi connectivity index (χ1) is 5.24. The molecule has 3 heteroatoms. The summed E-state index contributed by atoms with van der Waals surface area (Å²) in [4.78, 5) is 0. The van der Waals surface area contributed by atoms with Gasteiger partial charge in [0.25, 0.3) is 0 Å². The third-order valence-corrected chi connectivity index (χ3v) is 3.41. The molecule has 1 rings (SSSR count). The molecule has 1 aromatic rings. The van der Waals surface area contributed by atoms with Gasteiger partial charge in [0.05, 0.1) is 0 Å². The van der Waals surface area contributed by atoms with Crippen molar-refractivity contribution in [2.75, 3.05) is 6.26 Å². The van der Waals surface area contributed by atoms with Crippen molar-refractivity contribution >= 4 is 50.3 Å². The Bertz CT molecular complexity index is 250. The van der Waals surface area contributed by atoms with E-state index in [1.807, 2.05) is 11.8 Å². The summed E-state index contributed by atoms with van der Waals surface area (Å²) in [6.07, 6.45) is 2.12. The van der Waals surface area contributed by atoms with Gasteiger partial charge in [-0.15, -0.1) is 0 Å². The van der Waals surface area contributed by atoms with Crippen molar-refractivity contribution in [1.82, 2.24) is 0 Å². The largest absolute Gasteiger partial charge is 0.161 e. The lowest BCUT2D eigenvalue weighted by Gasteiger charge is -2.01. The highest BCUT2D eigenvalue weighted by molar-refractivity contribution is 14.1. The molecule has 0 bridgehead atoms. The topological polar surface area (TPSA) is 0 Å². The second kappa shape index (κ2) is 4.72. The summed E-state index contributed by atoms with van der Waals surface area (Å²) in [5, 5.41) is 0. The molecule has 0 amide bonds. The highest BCUT2D eigenvalue weighted by Gasteiger charge is 1.98. The third kappa shape index (κ3) is 2.95. The molecule has 0 aliphatic heterocycles. The average molecular weight is 343 g/mol. The molecule has 1 aromatic carbocycles. The molecule has 0 atom stereocenters. The fraction of sp³-hybridized carbons (Fsp3) is 0.250. The molecule has 0 radical (unpaired) electrons. The van der Waals surface area contributed by atoms with Gasteiger partial charge >= 0.3 is 0 Å². The van der Waals surface area contributed by atoms with Gasteiger partial charge in [-0.1, -0.05) is 22.0 Å². The summed E-state index contributed by atoms with van der Waals surface area (Å²) in [5.41, 5.74) is 1.42. The highest BCUT2D eigenvalue weighted by atomic mass is 127. The minimum Gasteiger partial charge on any atom is -0.161 e. The Morgan fingerprint density at radius 3 is 2.82 bits per heavy atom. The van der Waals surface area contributed by atoms with Crippen LogP contribution in [0.25, 0.3) is 0 Å². The number of halogens is 2. The van der Waals surface area contributed by atoms with Gasteiger partial charge in [0.2, 0.25) is 0 Å². The van der Waals surface area contributed by atoms with E-state index in [4.69, 9.17) is 0 Å². The van der Waals surface area contributed by atoms with E-state index < -0.39 is 0 Å². The second-order valence-corrected chi connectivity index (χ2v) is 5.11. The van der Waals surface area contributed by atoms with Gasteiger partial charge in [0, 0.05) is 13.8 Å². The summed E-state index contributed by atoms with van der Waals surface area (Å²) >= 11 is 7.66. The smallest absolute Gasteiger partial charge is 0.0192 e. The van der Waals surface area contributed by atoms with Crippen LogP contribution in [0.4, 0.5) is 0 Å². The predicted molar refractivity (Wildman–Crippen MR) is 64.1 cm³/mol. The van der Waals surface area contributed by atoms with Crippen LogP contribution in [-0.4, -0.2) is 6.26 Å². The summed E-state index contributed by atoms with van der Waals surface area (Å²) in [7, 11) is 0. The van der Waals surface area contributed by atoms with Gasteiger partial charge < -0.3 is 0 Å². The molecule has 0 unspecified atom stereocenters. The van der Waals surface area contributed by atoms with Gasteiger partial charge in [0.1, 0.15) is 0 Å². The summed E-state index contributed by atoms with van der Waals surface area (Å²) in [5.74, 6) is 1.10. The normalized spacial score (nSPS) is 10.1. The van der Waals surface area contributed by atoms with Gasteiger partial charge in [-0.25, -0.2) is 0 Å². The summed E-state index contributed by atoms with van der Waals surface area (Å²) in [6, 6.07) is 6.40. The van der Waals surface area contributed by atoms with Crippen LogP contribution in [0.15, 0.2) is 22.7 Å². The summed E-state index contributed by atoms with van der Waals surface area (Å²) in [6.45, 7) is 0. The van der Waals surface area contributed by atoms with Gasteiger partial charge in [0.15, 0.2) is 0 Å². The summed E-state index contributed by atoms with van der Waals surface area (Å²) < 4.78 is 2.50. The molecule has 0 saturated heterocycles. The monoisotopic (exact) mass is 342 g/mol.